The number of ether oxygens (including phenoxy) is 1. The number of aromatic nitrogens is 2. The highest BCUT2D eigenvalue weighted by atomic mass is 35.5. The number of nitriles is 1. The zero-order valence-corrected chi connectivity index (χ0v) is 14.9. The van der Waals surface area contributed by atoms with Crippen LogP contribution in [0.15, 0.2) is 6.20 Å². The van der Waals surface area contributed by atoms with Crippen LogP contribution < -0.4 is 10.6 Å². The Kier molecular flexibility index (Phi) is 5.84. The van der Waals surface area contributed by atoms with E-state index in [-0.39, 0.29) is 17.4 Å². The Bertz CT molecular complexity index is 638. The third-order valence-electron chi connectivity index (χ3n) is 3.67. The molecule has 130 valence electrons. The third kappa shape index (κ3) is 5.24. The van der Waals surface area contributed by atoms with Gasteiger partial charge in [-0.15, -0.1) is 0 Å². The van der Waals surface area contributed by atoms with Gasteiger partial charge in [0, 0.05) is 6.04 Å². The van der Waals surface area contributed by atoms with Crippen molar-refractivity contribution < 1.29 is 9.53 Å². The van der Waals surface area contributed by atoms with Crippen LogP contribution in [0.4, 0.5) is 10.6 Å². The number of halogens is 1. The molecule has 8 heteroatoms. The molecule has 0 radical (unpaired) electrons. The van der Waals surface area contributed by atoms with E-state index >= 15 is 0 Å². The van der Waals surface area contributed by atoms with Crippen molar-refractivity contribution in [2.75, 3.05) is 5.32 Å². The Labute approximate surface area is 146 Å². The number of rotatable bonds is 3. The van der Waals surface area contributed by atoms with Gasteiger partial charge in [-0.1, -0.05) is 12.8 Å². The summed E-state index contributed by atoms with van der Waals surface area (Å²) in [7, 11) is 0. The van der Waals surface area contributed by atoms with Crippen molar-refractivity contribution in [3.63, 3.8) is 0 Å². The molecule has 1 heterocycles. The molecule has 0 saturated heterocycles. The fourth-order valence-corrected chi connectivity index (χ4v) is 2.80. The first-order chi connectivity index (χ1) is 11.3. The van der Waals surface area contributed by atoms with Gasteiger partial charge in [0.15, 0.2) is 0 Å². The average Bonchev–Trinajstić information content (AvgIpc) is 2.47. The Morgan fingerprint density at radius 2 is 2.04 bits per heavy atom. The molecule has 1 aromatic rings. The summed E-state index contributed by atoms with van der Waals surface area (Å²) in [5.74, 6) is 0.389. The molecule has 2 rings (SSSR count). The fraction of sp³-hybridized carbons (Fsp3) is 0.625. The molecule has 2 atom stereocenters. The summed E-state index contributed by atoms with van der Waals surface area (Å²) in [6, 6.07) is 1.89. The van der Waals surface area contributed by atoms with Crippen LogP contribution in [0.2, 0.25) is 5.28 Å². The first-order valence-electron chi connectivity index (χ1n) is 7.97. The van der Waals surface area contributed by atoms with Gasteiger partial charge in [0.2, 0.25) is 5.28 Å². The smallest absolute Gasteiger partial charge is 0.407 e. The minimum Gasteiger partial charge on any atom is -0.444 e. The van der Waals surface area contributed by atoms with E-state index in [4.69, 9.17) is 16.3 Å². The van der Waals surface area contributed by atoms with Crippen molar-refractivity contribution in [2.24, 2.45) is 0 Å². The molecule has 0 aromatic carbocycles. The van der Waals surface area contributed by atoms with Crippen molar-refractivity contribution in [1.29, 1.82) is 5.26 Å². The summed E-state index contributed by atoms with van der Waals surface area (Å²) in [5, 5.41) is 15.4. The van der Waals surface area contributed by atoms with Crippen molar-refractivity contribution in [1.82, 2.24) is 15.3 Å². The minimum absolute atomic E-state index is 0.0515. The van der Waals surface area contributed by atoms with E-state index in [0.717, 1.165) is 25.7 Å². The second-order valence-electron chi connectivity index (χ2n) is 6.80. The van der Waals surface area contributed by atoms with Crippen LogP contribution in [0.5, 0.6) is 0 Å². The van der Waals surface area contributed by atoms with Crippen molar-refractivity contribution in [3.8, 4) is 6.07 Å². The second-order valence-corrected chi connectivity index (χ2v) is 7.14. The first kappa shape index (κ1) is 18.3. The minimum atomic E-state index is -0.546. The largest absolute Gasteiger partial charge is 0.444 e. The standard InChI is InChI=1S/C16H22ClN5O2/c1-16(2,3)24-15(23)21-12-7-5-4-6-11(12)20-13-10(8-18)9-19-14(17)22-13/h9,11-12H,4-7H2,1-3H3,(H,21,23)(H,19,20,22)/t11-,12+/m1/s1. The van der Waals surface area contributed by atoms with Gasteiger partial charge in [-0.05, 0) is 45.2 Å². The number of alkyl carbamates (subject to hydrolysis) is 1. The molecule has 0 unspecified atom stereocenters. The van der Waals surface area contributed by atoms with Crippen LogP contribution in [0, 0.1) is 11.3 Å². The van der Waals surface area contributed by atoms with E-state index in [0.29, 0.717) is 11.4 Å². The summed E-state index contributed by atoms with van der Waals surface area (Å²) in [6.45, 7) is 5.47. The van der Waals surface area contributed by atoms with Gasteiger partial charge < -0.3 is 15.4 Å². The molecule has 1 fully saturated rings. The summed E-state index contributed by atoms with van der Waals surface area (Å²) >= 11 is 5.82. The molecule has 1 saturated carbocycles. The number of hydrogen-bond donors (Lipinski definition) is 2. The zero-order chi connectivity index (χ0) is 17.7. The molecule has 0 spiro atoms. The Morgan fingerprint density at radius 1 is 1.38 bits per heavy atom. The zero-order valence-electron chi connectivity index (χ0n) is 14.1. The van der Waals surface area contributed by atoms with Gasteiger partial charge in [0.25, 0.3) is 0 Å². The average molecular weight is 352 g/mol. The molecule has 0 bridgehead atoms. The molecule has 1 aliphatic carbocycles. The monoisotopic (exact) mass is 351 g/mol. The third-order valence-corrected chi connectivity index (χ3v) is 3.85. The second kappa shape index (κ2) is 7.67. The Balaban J connectivity index is 2.08. The first-order valence-corrected chi connectivity index (χ1v) is 8.35. The van der Waals surface area contributed by atoms with E-state index in [2.05, 4.69) is 20.6 Å². The highest BCUT2D eigenvalue weighted by Crippen LogP contribution is 2.24. The van der Waals surface area contributed by atoms with Gasteiger partial charge in [-0.25, -0.2) is 9.78 Å². The number of carbonyl (C=O) groups excluding carboxylic acids is 1. The molecule has 7 nitrogen and oxygen atoms in total. The van der Waals surface area contributed by atoms with Gasteiger partial charge in [0.1, 0.15) is 23.1 Å². The number of nitrogens with zero attached hydrogens (tertiary/aromatic N) is 3. The number of nitrogens with one attached hydrogen (secondary N) is 2. The van der Waals surface area contributed by atoms with Gasteiger partial charge in [0.05, 0.1) is 12.2 Å². The summed E-state index contributed by atoms with van der Waals surface area (Å²) in [5.41, 5.74) is -0.225. The molecular formula is C16H22ClN5O2. The summed E-state index contributed by atoms with van der Waals surface area (Å²) in [4.78, 5) is 19.9. The predicted octanol–water partition coefficient (Wildman–Crippen LogP) is 3.25. The van der Waals surface area contributed by atoms with Crippen molar-refractivity contribution >= 4 is 23.5 Å². The molecule has 0 aliphatic heterocycles. The fourth-order valence-electron chi connectivity index (χ4n) is 2.66. The Morgan fingerprint density at radius 3 is 2.67 bits per heavy atom. The molecule has 1 amide bonds. The number of amides is 1. The molecule has 1 aromatic heterocycles. The summed E-state index contributed by atoms with van der Waals surface area (Å²) < 4.78 is 5.33. The number of anilines is 1. The maximum Gasteiger partial charge on any atom is 0.407 e. The molecule has 2 N–H and O–H groups in total. The predicted molar refractivity (Wildman–Crippen MR) is 90.8 cm³/mol. The van der Waals surface area contributed by atoms with E-state index in [9.17, 15) is 10.1 Å². The normalized spacial score (nSPS) is 20.8. The molecule has 24 heavy (non-hydrogen) atoms. The van der Waals surface area contributed by atoms with Crippen LogP contribution >= 0.6 is 11.6 Å². The van der Waals surface area contributed by atoms with Crippen LogP contribution in [0.1, 0.15) is 52.0 Å². The van der Waals surface area contributed by atoms with Gasteiger partial charge in [-0.3, -0.25) is 0 Å². The lowest BCUT2D eigenvalue weighted by Gasteiger charge is -2.33. The maximum absolute atomic E-state index is 12.0. The number of hydrogen-bond acceptors (Lipinski definition) is 6. The van der Waals surface area contributed by atoms with Gasteiger partial charge in [-0.2, -0.15) is 10.2 Å². The van der Waals surface area contributed by atoms with E-state index in [1.54, 1.807) is 0 Å². The lowest BCUT2D eigenvalue weighted by Crippen LogP contribution is -2.50. The van der Waals surface area contributed by atoms with Crippen LogP contribution in [-0.4, -0.2) is 33.7 Å². The topological polar surface area (TPSA) is 99.9 Å². The highest BCUT2D eigenvalue weighted by Gasteiger charge is 2.29. The van der Waals surface area contributed by atoms with Gasteiger partial charge >= 0.3 is 6.09 Å². The highest BCUT2D eigenvalue weighted by molar-refractivity contribution is 6.28. The van der Waals surface area contributed by atoms with Crippen molar-refractivity contribution in [2.45, 2.75) is 64.1 Å². The van der Waals surface area contributed by atoms with Crippen LogP contribution in [0.3, 0.4) is 0 Å². The lowest BCUT2D eigenvalue weighted by atomic mass is 9.90. The maximum atomic E-state index is 12.0. The van der Waals surface area contributed by atoms with E-state index in [1.807, 2.05) is 26.8 Å². The lowest BCUT2D eigenvalue weighted by molar-refractivity contribution is 0.0488. The van der Waals surface area contributed by atoms with Crippen LogP contribution in [0.25, 0.3) is 0 Å². The van der Waals surface area contributed by atoms with Crippen LogP contribution in [-0.2, 0) is 4.74 Å². The van der Waals surface area contributed by atoms with E-state index < -0.39 is 11.7 Å². The number of carbonyl (C=O) groups is 1. The molecule has 1 aliphatic rings. The van der Waals surface area contributed by atoms with E-state index in [1.165, 1.54) is 6.20 Å². The Hall–Kier alpha value is -2.07. The SMILES string of the molecule is CC(C)(C)OC(=O)N[C@H]1CCCC[C@H]1Nc1nc(Cl)ncc1C#N. The van der Waals surface area contributed by atoms with Crippen molar-refractivity contribution in [3.05, 3.63) is 17.0 Å². The summed E-state index contributed by atoms with van der Waals surface area (Å²) in [6.07, 6.45) is 4.68. The molecular weight excluding hydrogens is 330 g/mol. The quantitative estimate of drug-likeness (QED) is 0.811.